The number of H-pyrrole nitrogens is 1. The van der Waals surface area contributed by atoms with E-state index in [0.717, 1.165) is 51.2 Å². The minimum atomic E-state index is -0.837. The summed E-state index contributed by atoms with van der Waals surface area (Å²) < 4.78 is 5.93. The van der Waals surface area contributed by atoms with Crippen molar-refractivity contribution in [3.63, 3.8) is 0 Å². The Morgan fingerprint density at radius 2 is 1.79 bits per heavy atom. The molecule has 2 saturated heterocycles. The van der Waals surface area contributed by atoms with Crippen LogP contribution in [0.25, 0.3) is 32.7 Å². The summed E-state index contributed by atoms with van der Waals surface area (Å²) in [7, 11) is 0. The number of nitrogens with zero attached hydrogens (tertiary/aromatic N) is 6. The van der Waals surface area contributed by atoms with E-state index in [1.165, 1.54) is 4.90 Å². The molecule has 1 unspecified atom stereocenters. The number of para-hydroxylation sites is 1. The van der Waals surface area contributed by atoms with E-state index in [-0.39, 0.29) is 66.2 Å². The first kappa shape index (κ1) is 42.4. The Morgan fingerprint density at radius 3 is 2.52 bits per heavy atom. The minimum absolute atomic E-state index is 0.000656. The number of amides is 2. The second kappa shape index (κ2) is 17.3. The van der Waals surface area contributed by atoms with Crippen molar-refractivity contribution in [2.75, 3.05) is 18.0 Å². The molecule has 1 aliphatic carbocycles. The smallest absolute Gasteiger partial charge is 0.243 e. The molecule has 6 aromatic rings. The average molecular weight is 871 g/mol. The topological polar surface area (TPSA) is 191 Å². The molecule has 14 nitrogen and oxygen atoms in total. The molecule has 9 rings (SSSR count). The lowest BCUT2D eigenvalue weighted by Gasteiger charge is -2.38. The number of phenolic OH excluding ortho intramolecular Hbond substituents is 1. The molecule has 0 bridgehead atoms. The van der Waals surface area contributed by atoms with Crippen LogP contribution in [-0.2, 0) is 27.2 Å². The van der Waals surface area contributed by atoms with Crippen molar-refractivity contribution in [2.45, 2.75) is 103 Å². The highest BCUT2D eigenvalue weighted by Crippen LogP contribution is 2.39. The van der Waals surface area contributed by atoms with Crippen LogP contribution in [0.2, 0.25) is 0 Å². The second-order valence-corrected chi connectivity index (χ2v) is 18.9. The number of piperidine rings is 1. The van der Waals surface area contributed by atoms with Crippen molar-refractivity contribution < 1.29 is 29.1 Å². The highest BCUT2D eigenvalue weighted by Gasteiger charge is 2.44. The monoisotopic (exact) mass is 870 g/mol. The number of β-amino-alcohol motifs (C(OH)–C–C–N with tert-alkyl or cyclic N) is 1. The van der Waals surface area contributed by atoms with E-state index in [1.54, 1.807) is 23.5 Å². The van der Waals surface area contributed by atoms with Crippen LogP contribution >= 0.6 is 11.3 Å². The Kier molecular flexibility index (Phi) is 11.7. The molecule has 2 fully saturated rings. The fourth-order valence-electron chi connectivity index (χ4n) is 10.1. The van der Waals surface area contributed by atoms with Gasteiger partial charge in [0.2, 0.25) is 11.8 Å². The number of carbonyl (C=O) groups is 3. The fraction of sp³-hybridized carbons (Fsp3) is 0.438. The van der Waals surface area contributed by atoms with Crippen LogP contribution < -0.4 is 10.2 Å². The Hall–Kier alpha value is -5.93. The first-order valence-corrected chi connectivity index (χ1v) is 22.9. The van der Waals surface area contributed by atoms with Gasteiger partial charge >= 0.3 is 0 Å². The molecule has 7 atom stereocenters. The van der Waals surface area contributed by atoms with Gasteiger partial charge in [0.15, 0.2) is 17.2 Å². The molecule has 6 heterocycles. The van der Waals surface area contributed by atoms with Crippen LogP contribution in [0.5, 0.6) is 5.75 Å². The third-order valence-corrected chi connectivity index (χ3v) is 14.5. The fourth-order valence-corrected chi connectivity index (χ4v) is 10.9. The van der Waals surface area contributed by atoms with E-state index in [4.69, 9.17) is 4.52 Å². The molecule has 4 aromatic heterocycles. The number of aliphatic hydroxyl groups excluding tert-OH is 1. The number of benzene rings is 2. The van der Waals surface area contributed by atoms with Crippen molar-refractivity contribution in [1.29, 1.82) is 0 Å². The van der Waals surface area contributed by atoms with Crippen molar-refractivity contribution in [3.8, 4) is 27.4 Å². The summed E-state index contributed by atoms with van der Waals surface area (Å²) in [5, 5.41) is 38.5. The summed E-state index contributed by atoms with van der Waals surface area (Å²) in [6, 6.07) is 17.7. The van der Waals surface area contributed by atoms with Crippen LogP contribution in [-0.4, -0.2) is 89.3 Å². The third-order valence-electron chi connectivity index (χ3n) is 13.5. The number of nitrogens with one attached hydrogen (secondary N) is 2. The average Bonchev–Trinajstić information content (AvgIpc) is 4.09. The number of fused-ring (bicyclic) bond motifs is 3. The molecule has 63 heavy (non-hydrogen) atoms. The van der Waals surface area contributed by atoms with Crippen molar-refractivity contribution in [3.05, 3.63) is 94.4 Å². The van der Waals surface area contributed by atoms with Gasteiger partial charge in [-0.2, -0.15) is 0 Å². The number of rotatable bonds is 11. The number of aryl methyl sites for hydroxylation is 2. The normalized spacial score (nSPS) is 22.3. The molecule has 0 radical (unpaired) electrons. The second-order valence-electron chi connectivity index (χ2n) is 18.0. The summed E-state index contributed by atoms with van der Waals surface area (Å²) in [5.74, 6) is -0.253. The lowest BCUT2D eigenvalue weighted by Crippen LogP contribution is -2.48. The SMILES string of the molecule is Cc1ncsc1-c1ccc([C@H](C)NC(=O)[C@@H]2C[C@@H](O)CN2C(=O)[C@@H](c2cc(N3CCC(C(=O)[C@@H]4CCc5[nH]c6nnc(-c7ccccc7O)cc6c5C4)C[C@H]3C)no2)C(C)C)cc1. The van der Waals surface area contributed by atoms with Crippen LogP contribution in [0.15, 0.2) is 70.7 Å². The number of phenols is 1. The summed E-state index contributed by atoms with van der Waals surface area (Å²) in [4.78, 5) is 54.9. The molecular weight excluding hydrogens is 817 g/mol. The zero-order valence-corrected chi connectivity index (χ0v) is 37.1. The number of Topliss-reactive ketones (excluding diaryl/α,β-unsaturated/α-hetero) is 1. The van der Waals surface area contributed by atoms with Crippen LogP contribution in [0, 0.1) is 24.7 Å². The number of aromatic hydroxyl groups is 1. The van der Waals surface area contributed by atoms with Gasteiger partial charge in [-0.25, -0.2) is 4.98 Å². The molecular formula is C48H54N8O6S. The summed E-state index contributed by atoms with van der Waals surface area (Å²) in [6.07, 6.45) is 2.81. The number of anilines is 1. The largest absolute Gasteiger partial charge is 0.507 e. The standard InChI is InChI=1S/C48H54N8O6S/c1-25(2)43(48(61)56-23-33(57)20-39(56)47(60)50-27(4)29-10-12-30(13-11-29)45-28(5)49-24-63-45)41-22-42(54-62-41)55-17-16-32(18-26(55)3)44(59)31-14-15-37-35(19-31)36-21-38(52-53-46(36)51-37)34-8-6-7-9-40(34)58/h6-13,21-22,24-27,31-33,39,43,57-58H,14-20,23H2,1-5H3,(H,50,60)(H,51,53)/t26-,27+,31-,32?,33-,39+,43-/m1/s1. The molecule has 15 heteroatoms. The summed E-state index contributed by atoms with van der Waals surface area (Å²) in [5.41, 5.74) is 8.89. The highest BCUT2D eigenvalue weighted by molar-refractivity contribution is 7.13. The molecule has 2 amide bonds. The van der Waals surface area contributed by atoms with Crippen LogP contribution in [0.1, 0.15) is 93.6 Å². The maximum atomic E-state index is 14.4. The Balaban J connectivity index is 0.837. The van der Waals surface area contributed by atoms with Gasteiger partial charge in [-0.15, -0.1) is 21.5 Å². The number of likely N-dealkylation sites (tertiary alicyclic amines) is 1. The van der Waals surface area contributed by atoms with E-state index >= 15 is 0 Å². The van der Waals surface area contributed by atoms with Gasteiger partial charge in [0.05, 0.1) is 33.9 Å². The number of aliphatic hydroxyl groups is 1. The summed E-state index contributed by atoms with van der Waals surface area (Å²) in [6.45, 7) is 10.5. The number of ketones is 1. The number of hydrogen-bond donors (Lipinski definition) is 4. The van der Waals surface area contributed by atoms with E-state index in [1.807, 2.05) is 81.7 Å². The Bertz CT molecular complexity index is 2650. The van der Waals surface area contributed by atoms with E-state index in [2.05, 4.69) is 42.5 Å². The van der Waals surface area contributed by atoms with Crippen molar-refractivity contribution >= 4 is 45.8 Å². The number of thiazole rings is 1. The van der Waals surface area contributed by atoms with E-state index in [0.29, 0.717) is 54.3 Å². The van der Waals surface area contributed by atoms with E-state index in [9.17, 15) is 24.6 Å². The molecule has 3 aliphatic rings. The number of hydrogen-bond acceptors (Lipinski definition) is 12. The lowest BCUT2D eigenvalue weighted by molar-refractivity contribution is -0.141. The van der Waals surface area contributed by atoms with Gasteiger partial charge in [-0.1, -0.05) is 55.4 Å². The molecule has 328 valence electrons. The zero-order chi connectivity index (χ0) is 44.1. The van der Waals surface area contributed by atoms with Crippen LogP contribution in [0.3, 0.4) is 0 Å². The predicted octanol–water partition coefficient (Wildman–Crippen LogP) is 7.31. The van der Waals surface area contributed by atoms with Gasteiger partial charge in [0, 0.05) is 60.1 Å². The number of aromatic amines is 1. The molecule has 4 N–H and O–H groups in total. The molecule has 2 aromatic carbocycles. The lowest BCUT2D eigenvalue weighted by atomic mass is 9.76. The maximum Gasteiger partial charge on any atom is 0.243 e. The Morgan fingerprint density at radius 1 is 1.00 bits per heavy atom. The van der Waals surface area contributed by atoms with Crippen LogP contribution in [0.4, 0.5) is 5.82 Å². The van der Waals surface area contributed by atoms with Crippen molar-refractivity contribution in [2.24, 2.45) is 17.8 Å². The van der Waals surface area contributed by atoms with Gasteiger partial charge in [-0.3, -0.25) is 14.4 Å². The summed E-state index contributed by atoms with van der Waals surface area (Å²) >= 11 is 1.59. The third kappa shape index (κ3) is 8.24. The minimum Gasteiger partial charge on any atom is -0.507 e. The van der Waals surface area contributed by atoms with Gasteiger partial charge < -0.3 is 34.8 Å². The molecule has 0 spiro atoms. The first-order valence-electron chi connectivity index (χ1n) is 22.1. The molecule has 0 saturated carbocycles. The van der Waals surface area contributed by atoms with Gasteiger partial charge in [-0.05, 0) is 93.7 Å². The number of carbonyl (C=O) groups excluding carboxylic acids is 3. The first-order chi connectivity index (χ1) is 30.3. The maximum absolute atomic E-state index is 14.4. The Labute approximate surface area is 370 Å². The zero-order valence-electron chi connectivity index (χ0n) is 36.2. The van der Waals surface area contributed by atoms with Crippen molar-refractivity contribution in [1.82, 2.24) is 35.5 Å². The van der Waals surface area contributed by atoms with E-state index < -0.39 is 18.1 Å². The van der Waals surface area contributed by atoms with Gasteiger partial charge in [0.25, 0.3) is 0 Å². The van der Waals surface area contributed by atoms with Gasteiger partial charge in [0.1, 0.15) is 23.5 Å². The molecule has 2 aliphatic heterocycles. The quantitative estimate of drug-likeness (QED) is 0.102. The predicted molar refractivity (Wildman–Crippen MR) is 240 cm³/mol. The number of aromatic nitrogens is 5. The highest BCUT2D eigenvalue weighted by atomic mass is 32.1.